The highest BCUT2D eigenvalue weighted by atomic mass is 79.9. The Bertz CT molecular complexity index is 1000. The Kier molecular flexibility index (Phi) is 6.62. The Morgan fingerprint density at radius 1 is 1.23 bits per heavy atom. The van der Waals surface area contributed by atoms with Gasteiger partial charge in [0, 0.05) is 55.2 Å². The van der Waals surface area contributed by atoms with Gasteiger partial charge in [0.25, 0.3) is 11.8 Å². The van der Waals surface area contributed by atoms with Crippen molar-refractivity contribution in [2.24, 2.45) is 0 Å². The average molecular weight is 490 g/mol. The number of piperazine rings is 1. The highest BCUT2D eigenvalue weighted by Crippen LogP contribution is 2.23. The Balaban J connectivity index is 1.35. The highest BCUT2D eigenvalue weighted by Gasteiger charge is 2.28. The molecule has 2 atom stereocenters. The Morgan fingerprint density at radius 3 is 2.74 bits per heavy atom. The second-order valence-electron chi connectivity index (χ2n) is 7.27. The third-order valence-electron chi connectivity index (χ3n) is 5.16. The van der Waals surface area contributed by atoms with E-state index in [1.54, 1.807) is 31.9 Å². The van der Waals surface area contributed by atoms with Crippen LogP contribution in [-0.4, -0.2) is 57.9 Å². The van der Waals surface area contributed by atoms with Crippen LogP contribution in [0.4, 0.5) is 11.9 Å². The van der Waals surface area contributed by atoms with Crippen molar-refractivity contribution < 1.29 is 14.0 Å². The second-order valence-corrected chi connectivity index (χ2v) is 8.13. The van der Waals surface area contributed by atoms with Gasteiger partial charge in [0.1, 0.15) is 12.7 Å². The van der Waals surface area contributed by atoms with Gasteiger partial charge >= 0.3 is 0 Å². The molecule has 3 aromatic rings. The van der Waals surface area contributed by atoms with E-state index in [9.17, 15) is 0 Å². The van der Waals surface area contributed by atoms with Gasteiger partial charge in [-0.15, -0.1) is 0 Å². The van der Waals surface area contributed by atoms with Crippen LogP contribution in [0.3, 0.4) is 0 Å². The molecule has 0 unspecified atom stereocenters. The standard InChI is InChI=1S/C20H24BrN7O3/c1-13-11-27(20-25-18(31-26-20)14(2)29-3)6-7-28(13)19-23-8-16(9-24-19)30-12-15-4-5-22-10-17(15)21/h4-5,8-10,13-14H,6-7,11-12H2,1-3H3/t13-,14-/m1/s1. The van der Waals surface area contributed by atoms with Gasteiger partial charge in [-0.05, 0) is 41.0 Å². The van der Waals surface area contributed by atoms with Gasteiger partial charge in [0.05, 0.1) is 12.4 Å². The molecular weight excluding hydrogens is 466 g/mol. The quantitative estimate of drug-likeness (QED) is 0.491. The summed E-state index contributed by atoms with van der Waals surface area (Å²) in [4.78, 5) is 21.8. The van der Waals surface area contributed by atoms with Gasteiger partial charge < -0.3 is 23.8 Å². The molecule has 1 aliphatic heterocycles. The average Bonchev–Trinajstić information content (AvgIpc) is 3.29. The topological polar surface area (TPSA) is 103 Å². The van der Waals surface area contributed by atoms with E-state index in [0.29, 0.717) is 30.1 Å². The molecule has 0 spiro atoms. The van der Waals surface area contributed by atoms with Gasteiger partial charge in [0.15, 0.2) is 5.75 Å². The zero-order valence-corrected chi connectivity index (χ0v) is 19.2. The van der Waals surface area contributed by atoms with Crippen LogP contribution in [0.1, 0.15) is 31.4 Å². The number of ether oxygens (including phenoxy) is 2. The summed E-state index contributed by atoms with van der Waals surface area (Å²) in [7, 11) is 1.61. The van der Waals surface area contributed by atoms with Crippen molar-refractivity contribution in [3.05, 3.63) is 46.8 Å². The molecule has 0 amide bonds. The first-order chi connectivity index (χ1) is 15.0. The summed E-state index contributed by atoms with van der Waals surface area (Å²) in [6.45, 7) is 6.63. The van der Waals surface area contributed by atoms with E-state index < -0.39 is 0 Å². The van der Waals surface area contributed by atoms with Gasteiger partial charge in [0.2, 0.25) is 5.95 Å². The molecule has 0 aromatic carbocycles. The van der Waals surface area contributed by atoms with Crippen LogP contribution in [0, 0.1) is 0 Å². The maximum Gasteiger partial charge on any atom is 0.266 e. The number of methoxy groups -OCH3 is 1. The molecule has 10 nitrogen and oxygen atoms in total. The SMILES string of the molecule is CO[C@H](C)c1nc(N2CCN(c3ncc(OCc4ccncc4Br)cn3)[C@H](C)C2)no1. The summed E-state index contributed by atoms with van der Waals surface area (Å²) >= 11 is 3.47. The lowest BCUT2D eigenvalue weighted by Crippen LogP contribution is -2.53. The zero-order chi connectivity index (χ0) is 21.8. The van der Waals surface area contributed by atoms with Crippen molar-refractivity contribution in [1.82, 2.24) is 25.1 Å². The lowest BCUT2D eigenvalue weighted by atomic mass is 10.2. The first kappa shape index (κ1) is 21.4. The number of aromatic nitrogens is 5. The first-order valence-corrected chi connectivity index (χ1v) is 10.8. The number of rotatable bonds is 7. The number of hydrogen-bond donors (Lipinski definition) is 0. The molecule has 4 heterocycles. The summed E-state index contributed by atoms with van der Waals surface area (Å²) < 4.78 is 17.3. The lowest BCUT2D eigenvalue weighted by Gasteiger charge is -2.39. The van der Waals surface area contributed by atoms with Gasteiger partial charge in [-0.1, -0.05) is 0 Å². The summed E-state index contributed by atoms with van der Waals surface area (Å²) in [6.07, 6.45) is 6.65. The van der Waals surface area contributed by atoms with Crippen LogP contribution in [0.25, 0.3) is 0 Å². The Hall–Kier alpha value is -2.79. The summed E-state index contributed by atoms with van der Waals surface area (Å²) in [5.41, 5.74) is 1.01. The summed E-state index contributed by atoms with van der Waals surface area (Å²) in [5, 5.41) is 4.09. The minimum atomic E-state index is -0.228. The number of halogens is 1. The van der Waals surface area contributed by atoms with Crippen LogP contribution in [0.2, 0.25) is 0 Å². The number of nitrogens with zero attached hydrogens (tertiary/aromatic N) is 7. The van der Waals surface area contributed by atoms with Crippen LogP contribution < -0.4 is 14.5 Å². The van der Waals surface area contributed by atoms with Gasteiger partial charge in [-0.3, -0.25) is 4.98 Å². The fraction of sp³-hybridized carbons (Fsp3) is 0.450. The van der Waals surface area contributed by atoms with E-state index in [1.165, 1.54) is 0 Å². The van der Waals surface area contributed by atoms with E-state index >= 15 is 0 Å². The molecule has 1 saturated heterocycles. The van der Waals surface area contributed by atoms with Crippen LogP contribution in [-0.2, 0) is 11.3 Å². The predicted octanol–water partition coefficient (Wildman–Crippen LogP) is 3.02. The molecule has 0 N–H and O–H groups in total. The first-order valence-electron chi connectivity index (χ1n) is 9.96. The fourth-order valence-electron chi connectivity index (χ4n) is 3.27. The molecule has 164 valence electrons. The molecule has 0 radical (unpaired) electrons. The van der Waals surface area contributed by atoms with E-state index in [0.717, 1.165) is 29.7 Å². The highest BCUT2D eigenvalue weighted by molar-refractivity contribution is 9.10. The molecule has 0 aliphatic carbocycles. The predicted molar refractivity (Wildman–Crippen MR) is 117 cm³/mol. The van der Waals surface area contributed by atoms with Crippen LogP contribution in [0.5, 0.6) is 5.75 Å². The fourth-order valence-corrected chi connectivity index (χ4v) is 3.64. The van der Waals surface area contributed by atoms with E-state index in [4.69, 9.17) is 14.0 Å². The molecule has 0 saturated carbocycles. The van der Waals surface area contributed by atoms with Crippen molar-refractivity contribution in [2.45, 2.75) is 32.6 Å². The summed E-state index contributed by atoms with van der Waals surface area (Å²) in [5.74, 6) is 2.35. The second kappa shape index (κ2) is 9.56. The van der Waals surface area contributed by atoms with Crippen molar-refractivity contribution >= 4 is 27.8 Å². The molecule has 11 heteroatoms. The minimum absolute atomic E-state index is 0.176. The lowest BCUT2D eigenvalue weighted by molar-refractivity contribution is 0.0886. The molecule has 31 heavy (non-hydrogen) atoms. The number of pyridine rings is 1. The van der Waals surface area contributed by atoms with Gasteiger partial charge in [-0.25, -0.2) is 9.97 Å². The number of anilines is 2. The number of hydrogen-bond acceptors (Lipinski definition) is 10. The van der Waals surface area contributed by atoms with Crippen molar-refractivity contribution in [2.75, 3.05) is 36.5 Å². The van der Waals surface area contributed by atoms with Crippen LogP contribution in [0.15, 0.2) is 39.8 Å². The maximum atomic E-state index is 5.80. The summed E-state index contributed by atoms with van der Waals surface area (Å²) in [6, 6.07) is 2.08. The third-order valence-corrected chi connectivity index (χ3v) is 5.88. The van der Waals surface area contributed by atoms with Crippen molar-refractivity contribution in [3.63, 3.8) is 0 Å². The molecule has 4 rings (SSSR count). The monoisotopic (exact) mass is 489 g/mol. The molecule has 3 aromatic heterocycles. The minimum Gasteiger partial charge on any atom is -0.486 e. The zero-order valence-electron chi connectivity index (χ0n) is 17.6. The van der Waals surface area contributed by atoms with E-state index in [2.05, 4.69) is 57.7 Å². The molecule has 1 fully saturated rings. The molecule has 1 aliphatic rings. The van der Waals surface area contributed by atoms with Crippen molar-refractivity contribution in [1.29, 1.82) is 0 Å². The Morgan fingerprint density at radius 2 is 2.03 bits per heavy atom. The third kappa shape index (κ3) is 4.93. The van der Waals surface area contributed by atoms with E-state index in [1.807, 2.05) is 13.0 Å². The smallest absolute Gasteiger partial charge is 0.266 e. The molecule has 0 bridgehead atoms. The van der Waals surface area contributed by atoms with Crippen molar-refractivity contribution in [3.8, 4) is 5.75 Å². The molecular formula is C20H24BrN7O3. The van der Waals surface area contributed by atoms with E-state index in [-0.39, 0.29) is 12.1 Å². The van der Waals surface area contributed by atoms with Gasteiger partial charge in [-0.2, -0.15) is 4.98 Å². The van der Waals surface area contributed by atoms with Crippen LogP contribution >= 0.6 is 15.9 Å². The maximum absolute atomic E-state index is 5.80. The Labute approximate surface area is 188 Å². The largest absolute Gasteiger partial charge is 0.486 e. The normalized spacial score (nSPS) is 17.6.